The number of carbonyl (C=O) groups excluding carboxylic acids is 2. The molecule has 0 radical (unpaired) electrons. The van der Waals surface area contributed by atoms with Gasteiger partial charge in [0.25, 0.3) is 0 Å². The molecule has 4 heteroatoms. The van der Waals surface area contributed by atoms with Crippen LogP contribution in [0.5, 0.6) is 0 Å². The van der Waals surface area contributed by atoms with Gasteiger partial charge in [-0.15, -0.1) is 0 Å². The number of hydrogen-bond acceptors (Lipinski definition) is 4. The van der Waals surface area contributed by atoms with E-state index < -0.39 is 5.41 Å². The van der Waals surface area contributed by atoms with Crippen LogP contribution in [0.15, 0.2) is 0 Å². The summed E-state index contributed by atoms with van der Waals surface area (Å²) in [6.07, 6.45) is 1.12. The molecule has 1 atom stereocenters. The molecule has 0 amide bonds. The van der Waals surface area contributed by atoms with Crippen LogP contribution in [0, 0.1) is 11.3 Å². The molecule has 0 bridgehead atoms. The Kier molecular flexibility index (Phi) is 6.08. The topological polar surface area (TPSA) is 52.6 Å². The maximum absolute atomic E-state index is 11.6. The lowest BCUT2D eigenvalue weighted by atomic mass is 9.82. The molecule has 0 heterocycles. The van der Waals surface area contributed by atoms with Gasteiger partial charge in [-0.2, -0.15) is 0 Å². The lowest BCUT2D eigenvalue weighted by molar-refractivity contribution is -0.155. The average molecular weight is 230 g/mol. The summed E-state index contributed by atoms with van der Waals surface area (Å²) in [7, 11) is 1.36. The molecule has 0 aliphatic carbocycles. The Bertz CT molecular complexity index is 245. The van der Waals surface area contributed by atoms with Gasteiger partial charge in [0.15, 0.2) is 0 Å². The zero-order chi connectivity index (χ0) is 12.8. The van der Waals surface area contributed by atoms with Crippen molar-refractivity contribution in [3.8, 4) is 0 Å². The number of carbonyl (C=O) groups is 2. The lowest BCUT2D eigenvalue weighted by Gasteiger charge is -2.25. The first kappa shape index (κ1) is 14.9. The Balaban J connectivity index is 4.53. The van der Waals surface area contributed by atoms with Crippen LogP contribution in [0.1, 0.15) is 40.5 Å². The van der Waals surface area contributed by atoms with E-state index in [0.717, 1.165) is 0 Å². The van der Waals surface area contributed by atoms with Crippen molar-refractivity contribution < 1.29 is 19.1 Å². The van der Waals surface area contributed by atoms with Gasteiger partial charge in [-0.1, -0.05) is 6.92 Å². The van der Waals surface area contributed by atoms with Crippen LogP contribution in [-0.2, 0) is 19.1 Å². The average Bonchev–Trinajstić information content (AvgIpc) is 2.24. The zero-order valence-corrected chi connectivity index (χ0v) is 10.8. The maximum atomic E-state index is 11.6. The van der Waals surface area contributed by atoms with Crippen molar-refractivity contribution in [1.82, 2.24) is 0 Å². The third-order valence-corrected chi connectivity index (χ3v) is 2.61. The summed E-state index contributed by atoms with van der Waals surface area (Å²) >= 11 is 0. The molecule has 0 rings (SSSR count). The molecule has 0 aromatic rings. The van der Waals surface area contributed by atoms with Crippen LogP contribution in [-0.4, -0.2) is 25.7 Å². The summed E-state index contributed by atoms with van der Waals surface area (Å²) in [6.45, 7) is 7.61. The number of ether oxygens (including phenoxy) is 2. The fraction of sp³-hybridized carbons (Fsp3) is 0.833. The van der Waals surface area contributed by atoms with Crippen LogP contribution in [0.4, 0.5) is 0 Å². The molecule has 0 N–H and O–H groups in total. The van der Waals surface area contributed by atoms with Gasteiger partial charge in [-0.3, -0.25) is 9.59 Å². The van der Waals surface area contributed by atoms with Crippen LogP contribution < -0.4 is 0 Å². The van der Waals surface area contributed by atoms with E-state index >= 15 is 0 Å². The van der Waals surface area contributed by atoms with Crippen LogP contribution in [0.3, 0.4) is 0 Å². The molecule has 4 nitrogen and oxygen atoms in total. The molecular formula is C12H22O4. The minimum atomic E-state index is -0.651. The van der Waals surface area contributed by atoms with Crippen molar-refractivity contribution in [3.63, 3.8) is 0 Å². The summed E-state index contributed by atoms with van der Waals surface area (Å²) in [5, 5.41) is 0. The van der Waals surface area contributed by atoms with Crippen molar-refractivity contribution in [3.05, 3.63) is 0 Å². The maximum Gasteiger partial charge on any atom is 0.311 e. The Hall–Kier alpha value is -1.06. The van der Waals surface area contributed by atoms with E-state index in [1.54, 1.807) is 20.8 Å². The number of rotatable bonds is 6. The number of esters is 2. The second-order valence-corrected chi connectivity index (χ2v) is 4.44. The highest BCUT2D eigenvalue weighted by atomic mass is 16.5. The van der Waals surface area contributed by atoms with E-state index in [1.807, 2.05) is 6.92 Å². The SMILES string of the molecule is CCOC(=O)C(CC)CC(C)(C)C(=O)OC. The van der Waals surface area contributed by atoms with Gasteiger partial charge in [-0.25, -0.2) is 0 Å². The van der Waals surface area contributed by atoms with Gasteiger partial charge in [-0.05, 0) is 33.6 Å². The molecule has 0 fully saturated rings. The molecule has 0 aliphatic rings. The van der Waals surface area contributed by atoms with E-state index in [9.17, 15) is 9.59 Å². The van der Waals surface area contributed by atoms with Crippen molar-refractivity contribution in [2.24, 2.45) is 11.3 Å². The highest BCUT2D eigenvalue weighted by Gasteiger charge is 2.34. The fourth-order valence-corrected chi connectivity index (χ4v) is 1.63. The predicted octanol–water partition coefficient (Wildman–Crippen LogP) is 2.17. The quantitative estimate of drug-likeness (QED) is 0.656. The molecule has 16 heavy (non-hydrogen) atoms. The zero-order valence-electron chi connectivity index (χ0n) is 10.8. The minimum Gasteiger partial charge on any atom is -0.469 e. The van der Waals surface area contributed by atoms with Gasteiger partial charge >= 0.3 is 11.9 Å². The Morgan fingerprint density at radius 2 is 1.81 bits per heavy atom. The number of hydrogen-bond donors (Lipinski definition) is 0. The Labute approximate surface area is 97.3 Å². The third kappa shape index (κ3) is 4.21. The summed E-state index contributed by atoms with van der Waals surface area (Å²) in [6, 6.07) is 0. The molecule has 0 aromatic heterocycles. The molecule has 0 spiro atoms. The van der Waals surface area contributed by atoms with Gasteiger partial charge in [0.1, 0.15) is 0 Å². The smallest absolute Gasteiger partial charge is 0.311 e. The molecule has 94 valence electrons. The second kappa shape index (κ2) is 6.51. The molecular weight excluding hydrogens is 208 g/mol. The van der Waals surface area contributed by atoms with E-state index in [0.29, 0.717) is 19.4 Å². The second-order valence-electron chi connectivity index (χ2n) is 4.44. The van der Waals surface area contributed by atoms with E-state index in [1.165, 1.54) is 7.11 Å². The third-order valence-electron chi connectivity index (χ3n) is 2.61. The Morgan fingerprint density at radius 1 is 1.25 bits per heavy atom. The normalized spacial score (nSPS) is 13.1. The van der Waals surface area contributed by atoms with E-state index in [4.69, 9.17) is 9.47 Å². The van der Waals surface area contributed by atoms with Crippen molar-refractivity contribution >= 4 is 11.9 Å². The molecule has 0 saturated heterocycles. The monoisotopic (exact) mass is 230 g/mol. The van der Waals surface area contributed by atoms with Crippen LogP contribution in [0.2, 0.25) is 0 Å². The first-order valence-corrected chi connectivity index (χ1v) is 5.64. The lowest BCUT2D eigenvalue weighted by Crippen LogP contribution is -2.31. The molecule has 1 unspecified atom stereocenters. The highest BCUT2D eigenvalue weighted by Crippen LogP contribution is 2.29. The highest BCUT2D eigenvalue weighted by molar-refractivity contribution is 5.78. The summed E-state index contributed by atoms with van der Waals surface area (Å²) in [5.41, 5.74) is -0.651. The molecule has 0 aromatic carbocycles. The Morgan fingerprint density at radius 3 is 2.19 bits per heavy atom. The first-order chi connectivity index (χ1) is 7.38. The molecule has 0 saturated carbocycles. The van der Waals surface area contributed by atoms with Gasteiger partial charge in [0, 0.05) is 0 Å². The van der Waals surface area contributed by atoms with Gasteiger partial charge < -0.3 is 9.47 Å². The van der Waals surface area contributed by atoms with Gasteiger partial charge in [0.2, 0.25) is 0 Å². The van der Waals surface area contributed by atoms with E-state index in [2.05, 4.69) is 0 Å². The largest absolute Gasteiger partial charge is 0.469 e. The van der Waals surface area contributed by atoms with Crippen LogP contribution in [0.25, 0.3) is 0 Å². The molecule has 0 aliphatic heterocycles. The number of methoxy groups -OCH3 is 1. The summed E-state index contributed by atoms with van der Waals surface area (Å²) in [4.78, 5) is 23.1. The standard InChI is InChI=1S/C12H22O4/c1-6-9(10(13)16-7-2)8-12(3,4)11(14)15-5/h9H,6-8H2,1-5H3. The fourth-order valence-electron chi connectivity index (χ4n) is 1.63. The van der Waals surface area contributed by atoms with Crippen molar-refractivity contribution in [2.75, 3.05) is 13.7 Å². The first-order valence-electron chi connectivity index (χ1n) is 5.64. The van der Waals surface area contributed by atoms with Crippen LogP contribution >= 0.6 is 0 Å². The van der Waals surface area contributed by atoms with Gasteiger partial charge in [0.05, 0.1) is 25.0 Å². The minimum absolute atomic E-state index is 0.234. The van der Waals surface area contributed by atoms with E-state index in [-0.39, 0.29) is 17.9 Å². The van der Waals surface area contributed by atoms with Crippen molar-refractivity contribution in [1.29, 1.82) is 0 Å². The predicted molar refractivity (Wildman–Crippen MR) is 60.8 cm³/mol. The summed E-state index contributed by atoms with van der Waals surface area (Å²) in [5.74, 6) is -0.772. The van der Waals surface area contributed by atoms with Crippen molar-refractivity contribution in [2.45, 2.75) is 40.5 Å². The summed E-state index contributed by atoms with van der Waals surface area (Å²) < 4.78 is 9.67.